The van der Waals surface area contributed by atoms with Crippen LogP contribution in [0.5, 0.6) is 0 Å². The molecule has 0 spiro atoms. The fraction of sp³-hybridized carbons (Fsp3) is 0.263. The summed E-state index contributed by atoms with van der Waals surface area (Å²) in [6.07, 6.45) is 0. The Hall–Kier alpha value is -2.37. The second kappa shape index (κ2) is 8.65. The summed E-state index contributed by atoms with van der Waals surface area (Å²) in [6.45, 7) is 1.05. The Balaban J connectivity index is 1.88. The summed E-state index contributed by atoms with van der Waals surface area (Å²) in [5.74, 6) is -0.144. The summed E-state index contributed by atoms with van der Waals surface area (Å²) in [5, 5.41) is 3.55. The molecule has 0 fully saturated rings. The van der Waals surface area contributed by atoms with E-state index in [-0.39, 0.29) is 11.8 Å². The number of nitrogens with one attached hydrogen (secondary N) is 2. The van der Waals surface area contributed by atoms with Crippen LogP contribution in [0.3, 0.4) is 0 Å². The molecule has 2 N–H and O–H groups in total. The van der Waals surface area contributed by atoms with Gasteiger partial charge < -0.3 is 15.1 Å². The maximum Gasteiger partial charge on any atom is 0.279 e. The fourth-order valence-electron chi connectivity index (χ4n) is 2.49. The molecule has 5 nitrogen and oxygen atoms in total. The molecule has 0 saturated heterocycles. The van der Waals surface area contributed by atoms with Gasteiger partial charge in [0.05, 0.1) is 7.05 Å². The lowest BCUT2D eigenvalue weighted by Crippen LogP contribution is -3.08. The third-order valence-electron chi connectivity index (χ3n) is 3.68. The molecule has 2 amide bonds. The molecule has 6 heteroatoms. The Labute approximate surface area is 153 Å². The minimum absolute atomic E-state index is 0.0661. The molecule has 0 radical (unpaired) electrons. The van der Waals surface area contributed by atoms with Crippen LogP contribution in [0.2, 0.25) is 5.02 Å². The van der Waals surface area contributed by atoms with Crippen LogP contribution in [0.4, 0.5) is 5.69 Å². The summed E-state index contributed by atoms with van der Waals surface area (Å²) >= 11 is 5.98. The third-order valence-corrected chi connectivity index (χ3v) is 3.91. The molecule has 0 bridgehead atoms. The number of quaternary nitrogens is 1. The zero-order valence-electron chi connectivity index (χ0n) is 14.7. The molecular formula is C19H23ClN3O2+. The highest BCUT2D eigenvalue weighted by molar-refractivity contribution is 6.30. The maximum absolute atomic E-state index is 12.2. The van der Waals surface area contributed by atoms with Crippen LogP contribution in [-0.2, 0) is 11.3 Å². The molecular weight excluding hydrogens is 338 g/mol. The lowest BCUT2D eigenvalue weighted by Gasteiger charge is -2.14. The first-order valence-electron chi connectivity index (χ1n) is 8.02. The second-order valence-electron chi connectivity index (χ2n) is 6.27. The van der Waals surface area contributed by atoms with E-state index < -0.39 is 0 Å². The van der Waals surface area contributed by atoms with Gasteiger partial charge in [0.2, 0.25) is 0 Å². The molecule has 132 valence electrons. The van der Waals surface area contributed by atoms with Gasteiger partial charge in [0.1, 0.15) is 6.54 Å². The summed E-state index contributed by atoms with van der Waals surface area (Å²) in [5.41, 5.74) is 2.35. The van der Waals surface area contributed by atoms with Gasteiger partial charge in [0.25, 0.3) is 11.8 Å². The third kappa shape index (κ3) is 5.89. The summed E-state index contributed by atoms with van der Waals surface area (Å²) in [4.78, 5) is 26.6. The van der Waals surface area contributed by atoms with Crippen LogP contribution in [0.25, 0.3) is 0 Å². The summed E-state index contributed by atoms with van der Waals surface area (Å²) < 4.78 is 0. The minimum atomic E-state index is -0.0776. The highest BCUT2D eigenvalue weighted by Gasteiger charge is 2.12. The molecule has 0 aliphatic heterocycles. The van der Waals surface area contributed by atoms with Crippen molar-refractivity contribution in [3.05, 3.63) is 64.7 Å². The van der Waals surface area contributed by atoms with E-state index in [1.807, 2.05) is 31.3 Å². The molecule has 1 unspecified atom stereocenters. The number of carbonyl (C=O) groups excluding carboxylic acids is 2. The Morgan fingerprint density at radius 3 is 2.40 bits per heavy atom. The van der Waals surface area contributed by atoms with E-state index in [1.54, 1.807) is 38.4 Å². The highest BCUT2D eigenvalue weighted by atomic mass is 35.5. The smallest absolute Gasteiger partial charge is 0.279 e. The number of carbonyl (C=O) groups is 2. The number of likely N-dealkylation sites (N-methyl/N-ethyl adjacent to an activating group) is 1. The molecule has 2 aromatic carbocycles. The SMILES string of the molecule is CN(C)C(=O)c1ccc(NC(=O)C[NH+](C)Cc2cccc(Cl)c2)cc1. The average Bonchev–Trinajstić information content (AvgIpc) is 2.54. The zero-order chi connectivity index (χ0) is 18.4. The van der Waals surface area contributed by atoms with Gasteiger partial charge in [-0.25, -0.2) is 0 Å². The van der Waals surface area contributed by atoms with Crippen LogP contribution in [0.15, 0.2) is 48.5 Å². The lowest BCUT2D eigenvalue weighted by molar-refractivity contribution is -0.885. The van der Waals surface area contributed by atoms with Gasteiger partial charge in [0.15, 0.2) is 6.54 Å². The maximum atomic E-state index is 12.2. The molecule has 1 atom stereocenters. The number of hydrogen-bond donors (Lipinski definition) is 2. The van der Waals surface area contributed by atoms with Crippen molar-refractivity contribution in [1.82, 2.24) is 4.90 Å². The first kappa shape index (κ1) is 19.0. The van der Waals surface area contributed by atoms with E-state index in [0.717, 1.165) is 10.5 Å². The van der Waals surface area contributed by atoms with Crippen LogP contribution in [0.1, 0.15) is 15.9 Å². The van der Waals surface area contributed by atoms with Gasteiger partial charge in [-0.2, -0.15) is 0 Å². The van der Waals surface area contributed by atoms with Crippen LogP contribution < -0.4 is 10.2 Å². The summed E-state index contributed by atoms with van der Waals surface area (Å²) in [6, 6.07) is 14.5. The normalized spacial score (nSPS) is 11.7. The van der Waals surface area contributed by atoms with Gasteiger partial charge >= 0.3 is 0 Å². The van der Waals surface area contributed by atoms with Crippen LogP contribution in [-0.4, -0.2) is 44.4 Å². The zero-order valence-corrected chi connectivity index (χ0v) is 15.4. The molecule has 0 aromatic heterocycles. The molecule has 2 rings (SSSR count). The number of benzene rings is 2. The van der Waals surface area contributed by atoms with E-state index in [2.05, 4.69) is 5.32 Å². The Morgan fingerprint density at radius 1 is 1.12 bits per heavy atom. The largest absolute Gasteiger partial charge is 0.345 e. The van der Waals surface area contributed by atoms with E-state index in [9.17, 15) is 9.59 Å². The predicted molar refractivity (Wildman–Crippen MR) is 100.0 cm³/mol. The first-order chi connectivity index (χ1) is 11.8. The number of rotatable bonds is 6. The van der Waals surface area contributed by atoms with E-state index >= 15 is 0 Å². The molecule has 0 aliphatic rings. The van der Waals surface area contributed by atoms with Gasteiger partial charge in [-0.05, 0) is 36.4 Å². The van der Waals surface area contributed by atoms with Crippen LogP contribution >= 0.6 is 11.6 Å². The Morgan fingerprint density at radius 2 is 1.80 bits per heavy atom. The van der Waals surface area contributed by atoms with Gasteiger partial charge in [-0.15, -0.1) is 0 Å². The topological polar surface area (TPSA) is 53.9 Å². The van der Waals surface area contributed by atoms with Crippen molar-refractivity contribution < 1.29 is 14.5 Å². The lowest BCUT2D eigenvalue weighted by atomic mass is 10.2. The van der Waals surface area contributed by atoms with E-state index in [0.29, 0.717) is 29.4 Å². The minimum Gasteiger partial charge on any atom is -0.345 e. The van der Waals surface area contributed by atoms with Crippen molar-refractivity contribution in [2.24, 2.45) is 0 Å². The van der Waals surface area contributed by atoms with Gasteiger partial charge in [-0.1, -0.05) is 23.7 Å². The number of nitrogens with zero attached hydrogens (tertiary/aromatic N) is 1. The van der Waals surface area contributed by atoms with Crippen molar-refractivity contribution in [2.75, 3.05) is 33.0 Å². The number of hydrogen-bond acceptors (Lipinski definition) is 2. The van der Waals surface area contributed by atoms with Crippen molar-refractivity contribution in [3.8, 4) is 0 Å². The Bertz CT molecular complexity index is 745. The van der Waals surface area contributed by atoms with Gasteiger partial charge in [0, 0.05) is 35.9 Å². The highest BCUT2D eigenvalue weighted by Crippen LogP contribution is 2.11. The Kier molecular flexibility index (Phi) is 6.56. The van der Waals surface area contributed by atoms with Crippen molar-refractivity contribution in [2.45, 2.75) is 6.54 Å². The second-order valence-corrected chi connectivity index (χ2v) is 6.70. The van der Waals surface area contributed by atoms with Crippen molar-refractivity contribution in [3.63, 3.8) is 0 Å². The molecule has 0 heterocycles. The average molecular weight is 361 g/mol. The quantitative estimate of drug-likeness (QED) is 0.823. The standard InChI is InChI=1S/C19H22ClN3O2/c1-22(2)19(25)15-7-9-17(10-8-15)21-18(24)13-23(3)12-14-5-4-6-16(20)11-14/h4-11H,12-13H2,1-3H3,(H,21,24)/p+1. The monoisotopic (exact) mass is 360 g/mol. The van der Waals surface area contributed by atoms with Gasteiger partial charge in [-0.3, -0.25) is 9.59 Å². The first-order valence-corrected chi connectivity index (χ1v) is 8.40. The molecule has 2 aromatic rings. The predicted octanol–water partition coefficient (Wildman–Crippen LogP) is 1.70. The van der Waals surface area contributed by atoms with E-state index in [1.165, 1.54) is 4.90 Å². The van der Waals surface area contributed by atoms with Crippen molar-refractivity contribution in [1.29, 1.82) is 0 Å². The summed E-state index contributed by atoms with van der Waals surface area (Å²) in [7, 11) is 5.37. The number of halogens is 1. The fourth-order valence-corrected chi connectivity index (χ4v) is 2.70. The van der Waals surface area contributed by atoms with E-state index in [4.69, 9.17) is 11.6 Å². The molecule has 25 heavy (non-hydrogen) atoms. The number of amides is 2. The molecule has 0 saturated carbocycles. The van der Waals surface area contributed by atoms with Crippen LogP contribution in [0, 0.1) is 0 Å². The number of anilines is 1. The molecule has 0 aliphatic carbocycles. The van der Waals surface area contributed by atoms with Crippen molar-refractivity contribution >= 4 is 29.1 Å².